The molecule has 1 aromatic heterocycles. The van der Waals surface area contributed by atoms with Gasteiger partial charge < -0.3 is 4.42 Å². The number of carbonyl (C=O) groups excluding carboxylic acids is 1. The highest BCUT2D eigenvalue weighted by molar-refractivity contribution is 5.98. The third-order valence-electron chi connectivity index (χ3n) is 4.84. The molecule has 0 fully saturated rings. The Kier molecular flexibility index (Phi) is 5.04. The summed E-state index contributed by atoms with van der Waals surface area (Å²) in [6, 6.07) is 16.8. The molecule has 0 N–H and O–H groups in total. The summed E-state index contributed by atoms with van der Waals surface area (Å²) in [6.07, 6.45) is 2.90. The summed E-state index contributed by atoms with van der Waals surface area (Å²) in [7, 11) is 0. The van der Waals surface area contributed by atoms with Gasteiger partial charge in [-0.25, -0.2) is 13.8 Å². The molecule has 5 heteroatoms. The van der Waals surface area contributed by atoms with Gasteiger partial charge in [-0.1, -0.05) is 42.5 Å². The van der Waals surface area contributed by atoms with Crippen LogP contribution in [0.15, 0.2) is 77.7 Å². The van der Waals surface area contributed by atoms with Gasteiger partial charge >= 0.3 is 0 Å². The lowest BCUT2D eigenvalue weighted by Gasteiger charge is -2.10. The van der Waals surface area contributed by atoms with Gasteiger partial charge in [0.25, 0.3) is 0 Å². The Hall–Kier alpha value is -3.60. The highest BCUT2D eigenvalue weighted by Crippen LogP contribution is 2.29. The van der Waals surface area contributed by atoms with Gasteiger partial charge in [0.05, 0.1) is 5.56 Å². The minimum Gasteiger partial charge on any atom is -0.451 e. The first-order chi connectivity index (χ1) is 14.0. The van der Waals surface area contributed by atoms with Crippen molar-refractivity contribution in [3.8, 4) is 22.4 Å². The van der Waals surface area contributed by atoms with E-state index < -0.39 is 23.0 Å². The Morgan fingerprint density at radius 3 is 2.31 bits per heavy atom. The summed E-state index contributed by atoms with van der Waals surface area (Å²) in [5.41, 5.74) is 4.98. The van der Waals surface area contributed by atoms with Crippen molar-refractivity contribution < 1.29 is 18.0 Å². The van der Waals surface area contributed by atoms with Crippen LogP contribution in [0.3, 0.4) is 0 Å². The Balaban J connectivity index is 1.59. The molecule has 0 saturated heterocycles. The van der Waals surface area contributed by atoms with Crippen LogP contribution >= 0.6 is 0 Å². The van der Waals surface area contributed by atoms with E-state index in [2.05, 4.69) is 4.98 Å². The molecule has 0 aliphatic carbocycles. The fraction of sp³-hybridized carbons (Fsp3) is 0.0833. The van der Waals surface area contributed by atoms with Crippen LogP contribution in [0.1, 0.15) is 21.5 Å². The van der Waals surface area contributed by atoms with Crippen LogP contribution in [0.2, 0.25) is 0 Å². The monoisotopic (exact) mass is 389 g/mol. The number of oxazole rings is 1. The van der Waals surface area contributed by atoms with Crippen LogP contribution in [0, 0.1) is 18.6 Å². The lowest BCUT2D eigenvalue weighted by atomic mass is 9.95. The number of carbonyl (C=O) groups is 1. The van der Waals surface area contributed by atoms with E-state index in [9.17, 15) is 13.6 Å². The van der Waals surface area contributed by atoms with Crippen LogP contribution in [-0.2, 0) is 6.42 Å². The fourth-order valence-corrected chi connectivity index (χ4v) is 3.29. The average Bonchev–Trinajstić information content (AvgIpc) is 3.24. The predicted octanol–water partition coefficient (Wildman–Crippen LogP) is 6.02. The molecule has 4 aromatic rings. The Bertz CT molecular complexity index is 1150. The summed E-state index contributed by atoms with van der Waals surface area (Å²) in [5.74, 6) is -2.27. The number of benzene rings is 3. The van der Waals surface area contributed by atoms with Crippen molar-refractivity contribution in [3.63, 3.8) is 0 Å². The lowest BCUT2D eigenvalue weighted by Crippen LogP contribution is -2.09. The van der Waals surface area contributed by atoms with Crippen LogP contribution in [0.4, 0.5) is 8.78 Å². The third-order valence-corrected chi connectivity index (χ3v) is 4.84. The van der Waals surface area contributed by atoms with Gasteiger partial charge in [0, 0.05) is 12.0 Å². The molecular formula is C24H17F2NO2. The molecule has 29 heavy (non-hydrogen) atoms. The van der Waals surface area contributed by atoms with Gasteiger partial charge in [-0.3, -0.25) is 4.79 Å². The number of Topliss-reactive ketones (excluding diaryl/α,β-unsaturated/α-hetero) is 1. The zero-order valence-corrected chi connectivity index (χ0v) is 15.7. The number of nitrogens with zero attached hydrogens (tertiary/aromatic N) is 1. The zero-order valence-electron chi connectivity index (χ0n) is 15.7. The Morgan fingerprint density at radius 1 is 0.966 bits per heavy atom. The zero-order chi connectivity index (χ0) is 20.4. The highest BCUT2D eigenvalue weighted by atomic mass is 19.1. The van der Waals surface area contributed by atoms with Gasteiger partial charge in [-0.2, -0.15) is 0 Å². The molecule has 0 atom stereocenters. The van der Waals surface area contributed by atoms with E-state index in [0.29, 0.717) is 5.56 Å². The van der Waals surface area contributed by atoms with Gasteiger partial charge in [-0.15, -0.1) is 0 Å². The van der Waals surface area contributed by atoms with E-state index in [1.165, 1.54) is 12.5 Å². The largest absolute Gasteiger partial charge is 0.451 e. The molecule has 4 rings (SSSR count). The van der Waals surface area contributed by atoms with Crippen molar-refractivity contribution in [1.82, 2.24) is 4.98 Å². The molecule has 0 saturated carbocycles. The molecule has 3 aromatic carbocycles. The second kappa shape index (κ2) is 7.80. The fourth-order valence-electron chi connectivity index (χ4n) is 3.29. The maximum Gasteiger partial charge on any atom is 0.181 e. The maximum atomic E-state index is 13.8. The lowest BCUT2D eigenvalue weighted by molar-refractivity contribution is 0.0985. The van der Waals surface area contributed by atoms with Crippen LogP contribution in [-0.4, -0.2) is 10.8 Å². The summed E-state index contributed by atoms with van der Waals surface area (Å²) in [4.78, 5) is 16.5. The van der Waals surface area contributed by atoms with Crippen molar-refractivity contribution in [2.75, 3.05) is 0 Å². The topological polar surface area (TPSA) is 43.1 Å². The van der Waals surface area contributed by atoms with Gasteiger partial charge in [0.2, 0.25) is 0 Å². The number of rotatable bonds is 5. The first-order valence-corrected chi connectivity index (χ1v) is 9.08. The molecular weight excluding hydrogens is 372 g/mol. The Morgan fingerprint density at radius 2 is 1.66 bits per heavy atom. The van der Waals surface area contributed by atoms with Crippen molar-refractivity contribution in [3.05, 3.63) is 102 Å². The number of hydrogen-bond acceptors (Lipinski definition) is 3. The molecule has 1 heterocycles. The van der Waals surface area contributed by atoms with Crippen LogP contribution in [0.25, 0.3) is 22.4 Å². The second-order valence-corrected chi connectivity index (χ2v) is 6.80. The number of hydrogen-bond donors (Lipinski definition) is 0. The molecule has 0 radical (unpaired) electrons. The van der Waals surface area contributed by atoms with Crippen molar-refractivity contribution >= 4 is 5.78 Å². The van der Waals surface area contributed by atoms with Gasteiger partial charge in [-0.05, 0) is 47.4 Å². The smallest absolute Gasteiger partial charge is 0.181 e. The third kappa shape index (κ3) is 3.85. The van der Waals surface area contributed by atoms with Crippen molar-refractivity contribution in [2.45, 2.75) is 13.3 Å². The normalized spacial score (nSPS) is 10.9. The van der Waals surface area contributed by atoms with E-state index >= 15 is 0 Å². The van der Waals surface area contributed by atoms with E-state index in [0.717, 1.165) is 40.1 Å². The van der Waals surface area contributed by atoms with E-state index in [-0.39, 0.29) is 6.42 Å². The van der Waals surface area contributed by atoms with E-state index in [1.54, 1.807) is 18.4 Å². The first kappa shape index (κ1) is 18.7. The first-order valence-electron chi connectivity index (χ1n) is 9.08. The molecule has 0 bridgehead atoms. The molecule has 3 nitrogen and oxygen atoms in total. The standard InChI is InChI=1S/C24H17F2NO2/c1-15-5-8-18(22-13-29-14-27-22)12-19(15)17-9-6-16(7-10-17)11-23(28)24-20(25)3-2-4-21(24)26/h2-10,12-14H,11H2,1H3. The molecule has 0 aliphatic rings. The van der Waals surface area contributed by atoms with Gasteiger partial charge in [0.15, 0.2) is 12.2 Å². The minimum atomic E-state index is -0.841. The van der Waals surface area contributed by atoms with Crippen LogP contribution in [0.5, 0.6) is 0 Å². The molecule has 0 aliphatic heterocycles. The summed E-state index contributed by atoms with van der Waals surface area (Å²) in [5, 5.41) is 0. The predicted molar refractivity (Wildman–Crippen MR) is 107 cm³/mol. The Labute approximate surface area is 166 Å². The quantitative estimate of drug-likeness (QED) is 0.392. The van der Waals surface area contributed by atoms with Gasteiger partial charge in [0.1, 0.15) is 23.6 Å². The molecule has 0 unspecified atom stereocenters. The summed E-state index contributed by atoms with van der Waals surface area (Å²) in [6.45, 7) is 2.01. The van der Waals surface area contributed by atoms with Crippen molar-refractivity contribution in [1.29, 1.82) is 0 Å². The van der Waals surface area contributed by atoms with E-state index in [4.69, 9.17) is 4.42 Å². The number of halogens is 2. The van der Waals surface area contributed by atoms with E-state index in [1.807, 2.05) is 37.3 Å². The molecule has 144 valence electrons. The minimum absolute atomic E-state index is 0.0733. The molecule has 0 spiro atoms. The van der Waals surface area contributed by atoms with Crippen LogP contribution < -0.4 is 0 Å². The van der Waals surface area contributed by atoms with Crippen molar-refractivity contribution in [2.24, 2.45) is 0 Å². The summed E-state index contributed by atoms with van der Waals surface area (Å²) >= 11 is 0. The average molecular weight is 389 g/mol. The number of ketones is 1. The number of aryl methyl sites for hydroxylation is 1. The maximum absolute atomic E-state index is 13.8. The molecule has 0 amide bonds. The number of aromatic nitrogens is 1. The second-order valence-electron chi connectivity index (χ2n) is 6.80. The highest BCUT2D eigenvalue weighted by Gasteiger charge is 2.17. The SMILES string of the molecule is Cc1ccc(-c2cocn2)cc1-c1ccc(CC(=O)c2c(F)cccc2F)cc1. The summed E-state index contributed by atoms with van der Waals surface area (Å²) < 4.78 is 32.7.